The van der Waals surface area contributed by atoms with E-state index in [1.54, 1.807) is 11.8 Å². The van der Waals surface area contributed by atoms with E-state index in [0.717, 1.165) is 16.8 Å². The minimum atomic E-state index is -0.365. The molecule has 0 spiro atoms. The summed E-state index contributed by atoms with van der Waals surface area (Å²) in [5.41, 5.74) is 5.06. The maximum atomic E-state index is 10.6. The van der Waals surface area contributed by atoms with Crippen LogP contribution >= 0.6 is 11.8 Å². The number of nitrogens with zero attached hydrogens (tertiary/aromatic N) is 1. The molecule has 5 heteroatoms. The van der Waals surface area contributed by atoms with Crippen LogP contribution < -0.4 is 11.1 Å². The van der Waals surface area contributed by atoms with E-state index in [0.29, 0.717) is 6.04 Å². The number of nitrogens with two attached hydrogens (primary N) is 1. The minimum absolute atomic E-state index is 0.104. The van der Waals surface area contributed by atoms with Gasteiger partial charge in [-0.1, -0.05) is 24.6 Å². The molecule has 1 saturated carbocycles. The summed E-state index contributed by atoms with van der Waals surface area (Å²) >= 11 is 1.72. The summed E-state index contributed by atoms with van der Waals surface area (Å²) in [6.45, 7) is 0.104. The van der Waals surface area contributed by atoms with Crippen molar-refractivity contribution in [2.45, 2.75) is 31.7 Å². The monoisotopic (exact) mass is 227 g/mol. The van der Waals surface area contributed by atoms with Gasteiger partial charge in [-0.15, -0.1) is 0 Å². The maximum Gasteiger partial charge on any atom is 0.239 e. The second kappa shape index (κ2) is 4.88. The number of carbonyl (C=O) groups excluding carboxylic acids is 1. The number of amides is 1. The lowest BCUT2D eigenvalue weighted by molar-refractivity contribution is -0.116. The molecule has 2 fully saturated rings. The molecule has 2 rings (SSSR count). The van der Waals surface area contributed by atoms with Crippen molar-refractivity contribution in [3.05, 3.63) is 0 Å². The first-order valence-corrected chi connectivity index (χ1v) is 6.46. The Balaban J connectivity index is 1.90. The molecule has 3 N–H and O–H groups in total. The van der Waals surface area contributed by atoms with Gasteiger partial charge in [0.1, 0.15) is 6.54 Å². The first-order valence-electron chi connectivity index (χ1n) is 5.48. The van der Waals surface area contributed by atoms with Crippen molar-refractivity contribution in [1.82, 2.24) is 5.32 Å². The van der Waals surface area contributed by atoms with Crippen LogP contribution in [0.1, 0.15) is 25.7 Å². The molecule has 0 radical (unpaired) electrons. The number of fused-ring (bicyclic) bond motifs is 1. The van der Waals surface area contributed by atoms with Crippen molar-refractivity contribution in [3.8, 4) is 0 Å². The molecule has 2 unspecified atom stereocenters. The van der Waals surface area contributed by atoms with Crippen molar-refractivity contribution < 1.29 is 4.79 Å². The second-order valence-electron chi connectivity index (χ2n) is 4.19. The molecule has 1 heterocycles. The van der Waals surface area contributed by atoms with Crippen LogP contribution in [0.3, 0.4) is 0 Å². The smallest absolute Gasteiger partial charge is 0.239 e. The topological polar surface area (TPSA) is 67.5 Å². The zero-order valence-electron chi connectivity index (χ0n) is 8.74. The van der Waals surface area contributed by atoms with Gasteiger partial charge in [0.05, 0.1) is 0 Å². The van der Waals surface area contributed by atoms with Gasteiger partial charge in [-0.3, -0.25) is 9.79 Å². The Morgan fingerprint density at radius 2 is 2.33 bits per heavy atom. The molecule has 2 aliphatic rings. The number of nitrogens with one attached hydrogen (secondary N) is 1. The van der Waals surface area contributed by atoms with Crippen molar-refractivity contribution >= 4 is 22.8 Å². The molecular formula is C10H17N3OS. The Labute approximate surface area is 94.1 Å². The number of carbonyl (C=O) groups is 1. The highest BCUT2D eigenvalue weighted by atomic mass is 32.2. The lowest BCUT2D eigenvalue weighted by Crippen LogP contribution is -2.46. The van der Waals surface area contributed by atoms with Crippen LogP contribution in [0, 0.1) is 5.92 Å². The largest absolute Gasteiger partial charge is 0.368 e. The lowest BCUT2D eigenvalue weighted by atomic mass is 9.86. The fourth-order valence-corrected chi connectivity index (χ4v) is 3.39. The van der Waals surface area contributed by atoms with Crippen LogP contribution in [0.15, 0.2) is 4.99 Å². The molecule has 4 nitrogen and oxygen atoms in total. The average Bonchev–Trinajstić information content (AvgIpc) is 2.26. The highest BCUT2D eigenvalue weighted by Crippen LogP contribution is 2.31. The molecule has 1 amide bonds. The third-order valence-electron chi connectivity index (χ3n) is 3.03. The SMILES string of the molecule is NC(=O)CN=C1NC2CCCCC2CS1. The van der Waals surface area contributed by atoms with E-state index in [9.17, 15) is 4.79 Å². The number of hydrogen-bond acceptors (Lipinski definition) is 3. The number of hydrogen-bond donors (Lipinski definition) is 2. The van der Waals surface area contributed by atoms with Crippen LogP contribution in [0.25, 0.3) is 0 Å². The van der Waals surface area contributed by atoms with Crippen molar-refractivity contribution in [2.24, 2.45) is 16.6 Å². The Kier molecular flexibility index (Phi) is 3.51. The summed E-state index contributed by atoms with van der Waals surface area (Å²) < 4.78 is 0. The molecule has 0 aromatic rings. The Morgan fingerprint density at radius 3 is 3.13 bits per heavy atom. The molecule has 0 aromatic carbocycles. The highest BCUT2D eigenvalue weighted by molar-refractivity contribution is 8.13. The zero-order chi connectivity index (χ0) is 10.7. The molecule has 1 aliphatic heterocycles. The van der Waals surface area contributed by atoms with E-state index < -0.39 is 0 Å². The third-order valence-corrected chi connectivity index (χ3v) is 4.15. The van der Waals surface area contributed by atoms with Gasteiger partial charge in [-0.05, 0) is 18.8 Å². The second-order valence-corrected chi connectivity index (χ2v) is 5.20. The van der Waals surface area contributed by atoms with Crippen LogP contribution in [0.5, 0.6) is 0 Å². The van der Waals surface area contributed by atoms with Crippen molar-refractivity contribution in [2.75, 3.05) is 12.3 Å². The van der Waals surface area contributed by atoms with Crippen LogP contribution in [0.2, 0.25) is 0 Å². The quantitative estimate of drug-likeness (QED) is 0.730. The van der Waals surface area contributed by atoms with Gasteiger partial charge >= 0.3 is 0 Å². The van der Waals surface area contributed by atoms with Crippen molar-refractivity contribution in [3.63, 3.8) is 0 Å². The summed E-state index contributed by atoms with van der Waals surface area (Å²) in [4.78, 5) is 14.8. The predicted octanol–water partition coefficient (Wildman–Crippen LogP) is 0.723. The normalized spacial score (nSPS) is 33.2. The van der Waals surface area contributed by atoms with Gasteiger partial charge in [0.25, 0.3) is 0 Å². The van der Waals surface area contributed by atoms with E-state index in [4.69, 9.17) is 5.73 Å². The predicted molar refractivity (Wildman–Crippen MR) is 62.8 cm³/mol. The third kappa shape index (κ3) is 2.87. The summed E-state index contributed by atoms with van der Waals surface area (Å²) in [6, 6.07) is 0.576. The highest BCUT2D eigenvalue weighted by Gasteiger charge is 2.30. The molecule has 15 heavy (non-hydrogen) atoms. The van der Waals surface area contributed by atoms with Crippen molar-refractivity contribution in [1.29, 1.82) is 0 Å². The van der Waals surface area contributed by atoms with Gasteiger partial charge < -0.3 is 11.1 Å². The summed E-state index contributed by atoms with van der Waals surface area (Å²) in [5, 5.41) is 4.32. The van der Waals surface area contributed by atoms with E-state index in [1.807, 2.05) is 0 Å². The van der Waals surface area contributed by atoms with E-state index in [2.05, 4.69) is 10.3 Å². The molecule has 0 aromatic heterocycles. The maximum absolute atomic E-state index is 10.6. The first-order chi connectivity index (χ1) is 7.25. The molecular weight excluding hydrogens is 210 g/mol. The average molecular weight is 227 g/mol. The fraction of sp³-hybridized carbons (Fsp3) is 0.800. The number of aliphatic imine (C=N–C) groups is 1. The van der Waals surface area contributed by atoms with Gasteiger partial charge in [0.2, 0.25) is 5.91 Å². The zero-order valence-corrected chi connectivity index (χ0v) is 9.55. The van der Waals surface area contributed by atoms with Crippen LogP contribution in [-0.4, -0.2) is 29.4 Å². The standard InChI is InChI=1S/C10H17N3OS/c11-9(14)5-12-10-13-8-4-2-1-3-7(8)6-15-10/h7-8H,1-6H2,(H2,11,14)(H,12,13). The van der Waals surface area contributed by atoms with Crippen LogP contribution in [0.4, 0.5) is 0 Å². The first kappa shape index (κ1) is 10.8. The van der Waals surface area contributed by atoms with Gasteiger partial charge in [-0.2, -0.15) is 0 Å². The molecule has 84 valence electrons. The van der Waals surface area contributed by atoms with Crippen LogP contribution in [-0.2, 0) is 4.79 Å². The number of primary amides is 1. The van der Waals surface area contributed by atoms with Gasteiger partial charge in [-0.25, -0.2) is 0 Å². The number of amidine groups is 1. The Morgan fingerprint density at radius 1 is 1.53 bits per heavy atom. The van der Waals surface area contributed by atoms with Gasteiger partial charge in [0.15, 0.2) is 5.17 Å². The summed E-state index contributed by atoms with van der Waals surface area (Å²) in [7, 11) is 0. The lowest BCUT2D eigenvalue weighted by Gasteiger charge is -2.36. The molecule has 1 aliphatic carbocycles. The molecule has 2 atom stereocenters. The molecule has 0 bridgehead atoms. The minimum Gasteiger partial charge on any atom is -0.368 e. The van der Waals surface area contributed by atoms with E-state index in [-0.39, 0.29) is 12.5 Å². The molecule has 1 saturated heterocycles. The number of rotatable bonds is 2. The fourth-order valence-electron chi connectivity index (χ4n) is 2.22. The Hall–Kier alpha value is -0.710. The van der Waals surface area contributed by atoms with E-state index in [1.165, 1.54) is 25.7 Å². The van der Waals surface area contributed by atoms with Gasteiger partial charge in [0, 0.05) is 11.8 Å². The van der Waals surface area contributed by atoms with E-state index >= 15 is 0 Å². The number of thioether (sulfide) groups is 1. The summed E-state index contributed by atoms with van der Waals surface area (Å²) in [5.74, 6) is 1.56. The Bertz CT molecular complexity index is 280. The summed E-state index contributed by atoms with van der Waals surface area (Å²) in [6.07, 6.45) is 5.23.